The van der Waals surface area contributed by atoms with E-state index in [0.717, 1.165) is 61.3 Å². The van der Waals surface area contributed by atoms with Crippen molar-refractivity contribution in [3.63, 3.8) is 0 Å². The Morgan fingerprint density at radius 3 is 2.56 bits per heavy atom. The number of esters is 1. The molecule has 0 radical (unpaired) electrons. The lowest BCUT2D eigenvalue weighted by Gasteiger charge is -2.45. The molecule has 2 fully saturated rings. The van der Waals surface area contributed by atoms with Gasteiger partial charge in [-0.2, -0.15) is 13.2 Å². The molecular weight excluding hydrogens is 487 g/mol. The fourth-order valence-corrected chi connectivity index (χ4v) is 6.66. The van der Waals surface area contributed by atoms with E-state index in [1.165, 1.54) is 11.9 Å². The Hall–Kier alpha value is -2.68. The van der Waals surface area contributed by atoms with Crippen molar-refractivity contribution in [1.82, 2.24) is 9.97 Å². The quantitative estimate of drug-likeness (QED) is 0.357. The van der Waals surface area contributed by atoms with E-state index in [1.54, 1.807) is 6.07 Å². The van der Waals surface area contributed by atoms with Crippen molar-refractivity contribution in [3.05, 3.63) is 52.7 Å². The maximum Gasteiger partial charge on any atom is 0.393 e. The number of halogens is 3. The number of ether oxygens (including phenoxy) is 1. The Labute approximate surface area is 212 Å². The Morgan fingerprint density at radius 1 is 1.17 bits per heavy atom. The van der Waals surface area contributed by atoms with Gasteiger partial charge in [-0.25, -0.2) is 14.8 Å². The van der Waals surface area contributed by atoms with Crippen molar-refractivity contribution in [3.8, 4) is 0 Å². The zero-order valence-corrected chi connectivity index (χ0v) is 21.5. The SMILES string of the molecule is CC(C)(C)OC(=O)c1ccc(CC2CC3(CCN(c4ncnc5sc(CC(F)(F)F)cc45)C3)C2)cc1. The number of benzene rings is 1. The molecule has 5 nitrogen and oxygen atoms in total. The summed E-state index contributed by atoms with van der Waals surface area (Å²) in [5.41, 5.74) is 1.50. The summed E-state index contributed by atoms with van der Waals surface area (Å²) in [4.78, 5) is 24.0. The number of fused-ring (bicyclic) bond motifs is 1. The molecule has 9 heteroatoms. The van der Waals surface area contributed by atoms with Crippen LogP contribution >= 0.6 is 11.3 Å². The average molecular weight is 518 g/mol. The van der Waals surface area contributed by atoms with Gasteiger partial charge in [0.25, 0.3) is 0 Å². The van der Waals surface area contributed by atoms with Crippen LogP contribution in [0.4, 0.5) is 19.0 Å². The Balaban J connectivity index is 1.19. The van der Waals surface area contributed by atoms with Gasteiger partial charge < -0.3 is 9.64 Å². The van der Waals surface area contributed by atoms with Crippen molar-refractivity contribution in [1.29, 1.82) is 0 Å². The maximum absolute atomic E-state index is 12.9. The second-order valence-electron chi connectivity index (χ2n) is 11.3. The van der Waals surface area contributed by atoms with Crippen LogP contribution in [0.2, 0.25) is 0 Å². The Kier molecular flexibility index (Phi) is 6.25. The van der Waals surface area contributed by atoms with Crippen molar-refractivity contribution < 1.29 is 22.7 Å². The van der Waals surface area contributed by atoms with Crippen LogP contribution in [-0.4, -0.2) is 40.8 Å². The van der Waals surface area contributed by atoms with Crippen molar-refractivity contribution in [2.45, 2.75) is 64.7 Å². The van der Waals surface area contributed by atoms with Crippen molar-refractivity contribution in [2.75, 3.05) is 18.0 Å². The third-order valence-electron chi connectivity index (χ3n) is 7.03. The third kappa shape index (κ3) is 5.51. The van der Waals surface area contributed by atoms with Crippen LogP contribution in [0.25, 0.3) is 10.2 Å². The third-order valence-corrected chi connectivity index (χ3v) is 8.07. The normalized spacial score (nSPS) is 22.3. The zero-order valence-electron chi connectivity index (χ0n) is 20.7. The molecule has 1 saturated carbocycles. The first-order valence-electron chi connectivity index (χ1n) is 12.3. The number of anilines is 1. The number of hydrogen-bond donors (Lipinski definition) is 0. The summed E-state index contributed by atoms with van der Waals surface area (Å²) >= 11 is 1.10. The molecule has 1 aromatic carbocycles. The average Bonchev–Trinajstić information content (AvgIpc) is 3.35. The smallest absolute Gasteiger partial charge is 0.393 e. The molecule has 1 aliphatic carbocycles. The predicted octanol–water partition coefficient (Wildman–Crippen LogP) is 6.60. The first-order chi connectivity index (χ1) is 16.9. The lowest BCUT2D eigenvalue weighted by molar-refractivity contribution is -0.126. The molecular formula is C27H30F3N3O2S. The highest BCUT2D eigenvalue weighted by Gasteiger charge is 2.48. The summed E-state index contributed by atoms with van der Waals surface area (Å²) < 4.78 is 44.1. The molecule has 192 valence electrons. The van der Waals surface area contributed by atoms with E-state index >= 15 is 0 Å². The van der Waals surface area contributed by atoms with E-state index < -0.39 is 18.2 Å². The minimum atomic E-state index is -4.23. The number of carbonyl (C=O) groups is 1. The molecule has 1 spiro atoms. The fourth-order valence-electron chi connectivity index (χ4n) is 5.64. The summed E-state index contributed by atoms with van der Waals surface area (Å²) in [6, 6.07) is 9.31. The molecule has 2 aromatic heterocycles. The molecule has 1 saturated heterocycles. The van der Waals surface area contributed by atoms with E-state index in [2.05, 4.69) is 14.9 Å². The van der Waals surface area contributed by atoms with E-state index in [0.29, 0.717) is 16.3 Å². The molecule has 0 bridgehead atoms. The number of nitrogens with zero attached hydrogens (tertiary/aromatic N) is 3. The van der Waals surface area contributed by atoms with E-state index in [9.17, 15) is 18.0 Å². The number of hydrogen-bond acceptors (Lipinski definition) is 6. The fraction of sp³-hybridized carbons (Fsp3) is 0.519. The minimum Gasteiger partial charge on any atom is -0.456 e. The van der Waals surface area contributed by atoms with Crippen LogP contribution in [0, 0.1) is 11.3 Å². The van der Waals surface area contributed by atoms with Crippen molar-refractivity contribution >= 4 is 33.3 Å². The number of alkyl halides is 3. The lowest BCUT2D eigenvalue weighted by atomic mass is 9.60. The summed E-state index contributed by atoms with van der Waals surface area (Å²) in [6.07, 6.45) is 0.566. The zero-order chi connectivity index (χ0) is 25.7. The second-order valence-corrected chi connectivity index (χ2v) is 12.4. The van der Waals surface area contributed by atoms with Crippen LogP contribution in [0.5, 0.6) is 0 Å². The van der Waals surface area contributed by atoms with Gasteiger partial charge in [-0.15, -0.1) is 11.3 Å². The van der Waals surface area contributed by atoms with E-state index in [1.807, 2.05) is 45.0 Å². The van der Waals surface area contributed by atoms with Gasteiger partial charge in [0.05, 0.1) is 17.4 Å². The standard InChI is InChI=1S/C27H30F3N3O2S/c1-25(2,3)35-24(34)19-6-4-17(5-7-19)10-18-12-26(13-18)8-9-33(15-26)22-21-11-20(14-27(28,29)30)36-23(21)32-16-31-22/h4-7,11,16,18H,8-10,12-15H2,1-3H3. The second kappa shape index (κ2) is 9.01. The van der Waals surface area contributed by atoms with Gasteiger partial charge in [-0.05, 0) is 81.5 Å². The minimum absolute atomic E-state index is 0.239. The monoisotopic (exact) mass is 517 g/mol. The maximum atomic E-state index is 12.9. The van der Waals surface area contributed by atoms with Crippen LogP contribution in [0.15, 0.2) is 36.7 Å². The molecule has 0 amide bonds. The molecule has 0 unspecified atom stereocenters. The number of rotatable bonds is 5. The molecule has 1 aliphatic heterocycles. The molecule has 2 aliphatic rings. The molecule has 0 atom stereocenters. The van der Waals surface area contributed by atoms with E-state index in [4.69, 9.17) is 4.74 Å². The first-order valence-corrected chi connectivity index (χ1v) is 13.1. The van der Waals surface area contributed by atoms with Gasteiger partial charge >= 0.3 is 12.1 Å². The molecule has 36 heavy (non-hydrogen) atoms. The Morgan fingerprint density at radius 2 is 1.89 bits per heavy atom. The molecule has 0 N–H and O–H groups in total. The first kappa shape index (κ1) is 25.0. The molecule has 3 heterocycles. The van der Waals surface area contributed by atoms with E-state index in [-0.39, 0.29) is 16.3 Å². The van der Waals surface area contributed by atoms with Gasteiger partial charge in [0.2, 0.25) is 0 Å². The highest BCUT2D eigenvalue weighted by atomic mass is 32.1. The number of aromatic nitrogens is 2. The van der Waals surface area contributed by atoms with Gasteiger partial charge in [-0.3, -0.25) is 0 Å². The number of carbonyl (C=O) groups excluding carboxylic acids is 1. The molecule has 5 rings (SSSR count). The highest BCUT2D eigenvalue weighted by molar-refractivity contribution is 7.18. The largest absolute Gasteiger partial charge is 0.456 e. The summed E-state index contributed by atoms with van der Waals surface area (Å²) in [5.74, 6) is 1.03. The predicted molar refractivity (Wildman–Crippen MR) is 134 cm³/mol. The summed E-state index contributed by atoms with van der Waals surface area (Å²) in [6.45, 7) is 7.30. The van der Waals surface area contributed by atoms with Gasteiger partial charge in [-0.1, -0.05) is 12.1 Å². The van der Waals surface area contributed by atoms with Gasteiger partial charge in [0.1, 0.15) is 22.6 Å². The van der Waals surface area contributed by atoms with Crippen LogP contribution in [-0.2, 0) is 17.6 Å². The highest BCUT2D eigenvalue weighted by Crippen LogP contribution is 2.53. The van der Waals surface area contributed by atoms with Crippen LogP contribution < -0.4 is 4.90 Å². The van der Waals surface area contributed by atoms with Crippen molar-refractivity contribution in [2.24, 2.45) is 11.3 Å². The topological polar surface area (TPSA) is 55.3 Å². The summed E-state index contributed by atoms with van der Waals surface area (Å²) in [7, 11) is 0. The van der Waals surface area contributed by atoms with Crippen LogP contribution in [0.3, 0.4) is 0 Å². The lowest BCUT2D eigenvalue weighted by Crippen LogP contribution is -2.40. The molecule has 3 aromatic rings. The number of thiophene rings is 1. The summed E-state index contributed by atoms with van der Waals surface area (Å²) in [5, 5.41) is 0.722. The van der Waals surface area contributed by atoms with Gasteiger partial charge in [0.15, 0.2) is 0 Å². The van der Waals surface area contributed by atoms with Crippen LogP contribution in [0.1, 0.15) is 60.8 Å². The Bertz CT molecular complexity index is 1260. The van der Waals surface area contributed by atoms with Gasteiger partial charge in [0, 0.05) is 18.0 Å².